The first-order valence-corrected chi connectivity index (χ1v) is 7.86. The van der Waals surface area contributed by atoms with Gasteiger partial charge in [-0.05, 0) is 44.4 Å². The molecule has 0 spiro atoms. The summed E-state index contributed by atoms with van der Waals surface area (Å²) in [7, 11) is 0. The Balaban J connectivity index is 1.67. The summed E-state index contributed by atoms with van der Waals surface area (Å²) < 4.78 is 2.22. The number of nitriles is 1. The van der Waals surface area contributed by atoms with Gasteiger partial charge in [-0.2, -0.15) is 5.26 Å². The number of hydrogen-bond acceptors (Lipinski definition) is 3. The third kappa shape index (κ3) is 3.11. The van der Waals surface area contributed by atoms with Crippen LogP contribution in [0.1, 0.15) is 33.9 Å². The molecule has 5 nitrogen and oxygen atoms in total. The molecule has 2 heterocycles. The van der Waals surface area contributed by atoms with Gasteiger partial charge in [0.25, 0.3) is 5.91 Å². The molecular weight excluding hydrogens is 288 g/mol. The lowest BCUT2D eigenvalue weighted by Crippen LogP contribution is -2.29. The number of nitrogens with zero attached hydrogens (tertiary/aromatic N) is 4. The lowest BCUT2D eigenvalue weighted by Gasteiger charge is -2.18. The van der Waals surface area contributed by atoms with Crippen molar-refractivity contribution in [3.63, 3.8) is 0 Å². The molecular formula is C18H20N4O. The van der Waals surface area contributed by atoms with Gasteiger partial charge in [-0.15, -0.1) is 0 Å². The summed E-state index contributed by atoms with van der Waals surface area (Å²) >= 11 is 0. The molecule has 23 heavy (non-hydrogen) atoms. The third-order valence-electron chi connectivity index (χ3n) is 4.51. The molecule has 0 bridgehead atoms. The minimum atomic E-state index is 0.0173. The summed E-state index contributed by atoms with van der Waals surface area (Å²) in [6, 6.07) is 9.01. The van der Waals surface area contributed by atoms with E-state index in [1.54, 1.807) is 24.3 Å². The van der Waals surface area contributed by atoms with Gasteiger partial charge in [0.05, 0.1) is 11.6 Å². The van der Waals surface area contributed by atoms with Crippen molar-refractivity contribution in [3.8, 4) is 6.07 Å². The highest BCUT2D eigenvalue weighted by molar-refractivity contribution is 5.94. The summed E-state index contributed by atoms with van der Waals surface area (Å²) in [4.78, 5) is 18.8. The molecule has 1 amide bonds. The first-order chi connectivity index (χ1) is 11.1. The highest BCUT2D eigenvalue weighted by Crippen LogP contribution is 2.22. The van der Waals surface area contributed by atoms with Gasteiger partial charge in [0.15, 0.2) is 0 Å². The van der Waals surface area contributed by atoms with E-state index in [1.807, 2.05) is 18.0 Å². The standard InChI is InChI=1S/C18H20N4O/c1-13-10-20-14(2)22(13)12-16-6-7-21(11-16)18(23)17-5-3-4-15(8-17)9-19/h3-5,8,10,16H,6-7,11-12H2,1-2H3. The van der Waals surface area contributed by atoms with E-state index < -0.39 is 0 Å². The maximum Gasteiger partial charge on any atom is 0.253 e. The van der Waals surface area contributed by atoms with Crippen LogP contribution < -0.4 is 0 Å². The Morgan fingerprint density at radius 1 is 1.43 bits per heavy atom. The molecule has 1 atom stereocenters. The average Bonchev–Trinajstić information content (AvgIpc) is 3.16. The number of aryl methyl sites for hydroxylation is 2. The molecule has 1 aromatic heterocycles. The second-order valence-corrected chi connectivity index (χ2v) is 6.16. The number of benzene rings is 1. The van der Waals surface area contributed by atoms with Crippen LogP contribution in [0.4, 0.5) is 0 Å². The molecule has 1 saturated heterocycles. The minimum Gasteiger partial charge on any atom is -0.338 e. The Labute approximate surface area is 136 Å². The smallest absolute Gasteiger partial charge is 0.253 e. The fourth-order valence-electron chi connectivity index (χ4n) is 3.19. The molecule has 0 N–H and O–H groups in total. The van der Waals surface area contributed by atoms with Gasteiger partial charge in [0, 0.05) is 37.1 Å². The zero-order valence-electron chi connectivity index (χ0n) is 13.5. The zero-order chi connectivity index (χ0) is 16.4. The number of carbonyl (C=O) groups excluding carboxylic acids is 1. The first-order valence-electron chi connectivity index (χ1n) is 7.86. The average molecular weight is 308 g/mol. The summed E-state index contributed by atoms with van der Waals surface area (Å²) in [6.45, 7) is 6.50. The van der Waals surface area contributed by atoms with Crippen LogP contribution in [0.5, 0.6) is 0 Å². The number of likely N-dealkylation sites (tertiary alicyclic amines) is 1. The van der Waals surface area contributed by atoms with Crippen LogP contribution in [0.3, 0.4) is 0 Å². The minimum absolute atomic E-state index is 0.0173. The van der Waals surface area contributed by atoms with Gasteiger partial charge in [-0.25, -0.2) is 4.98 Å². The Bertz CT molecular complexity index is 752. The van der Waals surface area contributed by atoms with Crippen LogP contribution in [0.2, 0.25) is 0 Å². The van der Waals surface area contributed by atoms with E-state index in [0.717, 1.165) is 37.6 Å². The van der Waals surface area contributed by atoms with Crippen LogP contribution in [-0.2, 0) is 6.54 Å². The van der Waals surface area contributed by atoms with Crippen LogP contribution >= 0.6 is 0 Å². The number of imidazole rings is 1. The lowest BCUT2D eigenvalue weighted by atomic mass is 10.1. The maximum atomic E-state index is 12.6. The number of carbonyl (C=O) groups is 1. The monoisotopic (exact) mass is 308 g/mol. The van der Waals surface area contributed by atoms with Crippen molar-refractivity contribution in [1.82, 2.24) is 14.5 Å². The molecule has 0 saturated carbocycles. The molecule has 1 aliphatic rings. The van der Waals surface area contributed by atoms with Crippen LogP contribution in [0, 0.1) is 31.1 Å². The normalized spacial score (nSPS) is 17.3. The quantitative estimate of drug-likeness (QED) is 0.875. The topological polar surface area (TPSA) is 61.9 Å². The molecule has 1 aromatic carbocycles. The van der Waals surface area contributed by atoms with E-state index in [-0.39, 0.29) is 5.91 Å². The van der Waals surface area contributed by atoms with Gasteiger partial charge in [0.2, 0.25) is 0 Å². The van der Waals surface area contributed by atoms with Gasteiger partial charge >= 0.3 is 0 Å². The van der Waals surface area contributed by atoms with Crippen molar-refractivity contribution in [2.45, 2.75) is 26.8 Å². The molecule has 1 fully saturated rings. The fourth-order valence-corrected chi connectivity index (χ4v) is 3.19. The molecule has 3 rings (SSSR count). The van der Waals surface area contributed by atoms with E-state index in [1.165, 1.54) is 0 Å². The van der Waals surface area contributed by atoms with Crippen molar-refractivity contribution in [3.05, 3.63) is 53.1 Å². The SMILES string of the molecule is Cc1cnc(C)n1CC1CCN(C(=O)c2cccc(C#N)c2)C1. The zero-order valence-corrected chi connectivity index (χ0v) is 13.5. The number of amides is 1. The Morgan fingerprint density at radius 3 is 2.96 bits per heavy atom. The second-order valence-electron chi connectivity index (χ2n) is 6.16. The Kier molecular flexibility index (Phi) is 4.16. The lowest BCUT2D eigenvalue weighted by molar-refractivity contribution is 0.0786. The number of aromatic nitrogens is 2. The van der Waals surface area contributed by atoms with Gasteiger partial charge < -0.3 is 9.47 Å². The maximum absolute atomic E-state index is 12.6. The molecule has 118 valence electrons. The van der Waals surface area contributed by atoms with Gasteiger partial charge in [-0.3, -0.25) is 4.79 Å². The molecule has 0 radical (unpaired) electrons. The largest absolute Gasteiger partial charge is 0.338 e. The van der Waals surface area contributed by atoms with E-state index >= 15 is 0 Å². The van der Waals surface area contributed by atoms with E-state index in [9.17, 15) is 4.79 Å². The Hall–Kier alpha value is -2.61. The summed E-state index contributed by atoms with van der Waals surface area (Å²) in [5.41, 5.74) is 2.28. The first kappa shape index (κ1) is 15.3. The van der Waals surface area contributed by atoms with Crippen LogP contribution in [-0.4, -0.2) is 33.4 Å². The van der Waals surface area contributed by atoms with E-state index in [4.69, 9.17) is 5.26 Å². The number of rotatable bonds is 3. The van der Waals surface area contributed by atoms with E-state index in [0.29, 0.717) is 17.0 Å². The van der Waals surface area contributed by atoms with Crippen LogP contribution in [0.15, 0.2) is 30.5 Å². The van der Waals surface area contributed by atoms with Crippen molar-refractivity contribution in [2.75, 3.05) is 13.1 Å². The number of hydrogen-bond donors (Lipinski definition) is 0. The fraction of sp³-hybridized carbons (Fsp3) is 0.389. The molecule has 1 aliphatic heterocycles. The van der Waals surface area contributed by atoms with Crippen LogP contribution in [0.25, 0.3) is 0 Å². The van der Waals surface area contributed by atoms with Crippen molar-refractivity contribution >= 4 is 5.91 Å². The van der Waals surface area contributed by atoms with E-state index in [2.05, 4.69) is 22.5 Å². The van der Waals surface area contributed by atoms with Gasteiger partial charge in [0.1, 0.15) is 5.82 Å². The highest BCUT2D eigenvalue weighted by atomic mass is 16.2. The van der Waals surface area contributed by atoms with Crippen molar-refractivity contribution in [2.24, 2.45) is 5.92 Å². The predicted molar refractivity (Wildman–Crippen MR) is 86.9 cm³/mol. The van der Waals surface area contributed by atoms with Crippen molar-refractivity contribution < 1.29 is 4.79 Å². The van der Waals surface area contributed by atoms with Gasteiger partial charge in [-0.1, -0.05) is 6.07 Å². The summed E-state index contributed by atoms with van der Waals surface area (Å²) in [6.07, 6.45) is 2.89. The van der Waals surface area contributed by atoms with Crippen molar-refractivity contribution in [1.29, 1.82) is 5.26 Å². The third-order valence-corrected chi connectivity index (χ3v) is 4.51. The second kappa shape index (κ2) is 6.25. The summed E-state index contributed by atoms with van der Waals surface area (Å²) in [5, 5.41) is 8.96. The predicted octanol–water partition coefficient (Wildman–Crippen LogP) is 2.53. The molecule has 2 aromatic rings. The summed E-state index contributed by atoms with van der Waals surface area (Å²) in [5.74, 6) is 1.49. The molecule has 5 heteroatoms. The molecule has 1 unspecified atom stereocenters. The molecule has 0 aliphatic carbocycles. The highest BCUT2D eigenvalue weighted by Gasteiger charge is 2.27. The Morgan fingerprint density at radius 2 is 2.26 bits per heavy atom.